The highest BCUT2D eigenvalue weighted by Gasteiger charge is 2.48. The molecule has 0 aliphatic carbocycles. The van der Waals surface area contributed by atoms with Crippen molar-refractivity contribution in [2.75, 3.05) is 18.1 Å². The second-order valence-corrected chi connectivity index (χ2v) is 10.3. The quantitative estimate of drug-likeness (QED) is 0.215. The van der Waals surface area contributed by atoms with E-state index in [0.717, 1.165) is 16.9 Å². The van der Waals surface area contributed by atoms with E-state index in [1.165, 1.54) is 11.8 Å². The molecule has 0 saturated carbocycles. The van der Waals surface area contributed by atoms with E-state index in [-0.39, 0.29) is 28.2 Å². The van der Waals surface area contributed by atoms with Crippen molar-refractivity contribution >= 4 is 39.7 Å². The molecule has 0 radical (unpaired) electrons. The third kappa shape index (κ3) is 4.29. The highest BCUT2D eigenvalue weighted by molar-refractivity contribution is 7.18. The molecule has 1 saturated heterocycles. The van der Waals surface area contributed by atoms with Gasteiger partial charge in [0, 0.05) is 12.5 Å². The first-order valence-electron chi connectivity index (χ1n) is 12.0. The molecule has 5 rings (SSSR count). The first kappa shape index (κ1) is 24.7. The van der Waals surface area contributed by atoms with Gasteiger partial charge in [0.25, 0.3) is 5.78 Å². The SMILES string of the molecule is CC(=O)c1sc(N2C(=O)C(=O)C(=C(O)c3ccc4c(c3)OCCO4)[C@@H]2c2ccc(C(C)C)cc2)nc1C. The maximum absolute atomic E-state index is 13.4. The lowest BCUT2D eigenvalue weighted by Crippen LogP contribution is -2.29. The van der Waals surface area contributed by atoms with Crippen molar-refractivity contribution in [2.45, 2.75) is 39.7 Å². The van der Waals surface area contributed by atoms with Gasteiger partial charge in [-0.15, -0.1) is 0 Å². The topological polar surface area (TPSA) is 106 Å². The lowest BCUT2D eigenvalue weighted by molar-refractivity contribution is -0.132. The molecule has 1 fully saturated rings. The zero-order valence-electron chi connectivity index (χ0n) is 20.9. The Labute approximate surface area is 218 Å². The molecule has 190 valence electrons. The molecule has 37 heavy (non-hydrogen) atoms. The van der Waals surface area contributed by atoms with Crippen LogP contribution in [0.3, 0.4) is 0 Å². The predicted octanol–water partition coefficient (Wildman–Crippen LogP) is 5.18. The number of Topliss-reactive ketones (excluding diaryl/α,β-unsaturated/α-hetero) is 2. The molecule has 2 aliphatic heterocycles. The van der Waals surface area contributed by atoms with Crippen molar-refractivity contribution in [3.63, 3.8) is 0 Å². The van der Waals surface area contributed by atoms with Gasteiger partial charge >= 0.3 is 5.91 Å². The molecule has 1 amide bonds. The minimum Gasteiger partial charge on any atom is -0.507 e. The van der Waals surface area contributed by atoms with E-state index in [2.05, 4.69) is 18.8 Å². The number of ether oxygens (including phenoxy) is 2. The van der Waals surface area contributed by atoms with Crippen LogP contribution in [-0.4, -0.2) is 40.8 Å². The monoisotopic (exact) mass is 518 g/mol. The highest BCUT2D eigenvalue weighted by Crippen LogP contribution is 2.45. The van der Waals surface area contributed by atoms with Gasteiger partial charge in [-0.2, -0.15) is 0 Å². The number of fused-ring (bicyclic) bond motifs is 1. The van der Waals surface area contributed by atoms with Crippen molar-refractivity contribution in [1.82, 2.24) is 4.98 Å². The summed E-state index contributed by atoms with van der Waals surface area (Å²) in [5, 5.41) is 11.6. The number of carbonyl (C=O) groups is 3. The maximum Gasteiger partial charge on any atom is 0.301 e. The van der Waals surface area contributed by atoms with Crippen LogP contribution in [-0.2, 0) is 9.59 Å². The molecule has 0 spiro atoms. The number of thiazole rings is 1. The third-order valence-electron chi connectivity index (χ3n) is 6.49. The summed E-state index contributed by atoms with van der Waals surface area (Å²) in [6, 6.07) is 11.5. The van der Waals surface area contributed by atoms with Crippen LogP contribution in [0.1, 0.15) is 64.8 Å². The summed E-state index contributed by atoms with van der Waals surface area (Å²) in [4.78, 5) is 45.1. The fourth-order valence-corrected chi connectivity index (χ4v) is 5.56. The van der Waals surface area contributed by atoms with E-state index in [1.807, 2.05) is 24.3 Å². The molecule has 0 bridgehead atoms. The van der Waals surface area contributed by atoms with Gasteiger partial charge in [-0.3, -0.25) is 19.3 Å². The Hall–Kier alpha value is -3.98. The number of anilines is 1. The summed E-state index contributed by atoms with van der Waals surface area (Å²) >= 11 is 1.06. The fraction of sp³-hybridized carbons (Fsp3) is 0.286. The zero-order chi connectivity index (χ0) is 26.4. The number of ketones is 2. The Morgan fingerprint density at radius 2 is 1.76 bits per heavy atom. The van der Waals surface area contributed by atoms with Crippen molar-refractivity contribution in [1.29, 1.82) is 0 Å². The second-order valence-electron chi connectivity index (χ2n) is 9.32. The lowest BCUT2D eigenvalue weighted by atomic mass is 9.93. The predicted molar refractivity (Wildman–Crippen MR) is 140 cm³/mol. The number of nitrogens with zero attached hydrogens (tertiary/aromatic N) is 2. The largest absolute Gasteiger partial charge is 0.507 e. The molecule has 3 aromatic rings. The van der Waals surface area contributed by atoms with Crippen LogP contribution in [0.4, 0.5) is 5.13 Å². The van der Waals surface area contributed by atoms with Gasteiger partial charge in [0.05, 0.1) is 22.2 Å². The number of amides is 1. The van der Waals surface area contributed by atoms with Crippen LogP contribution in [0, 0.1) is 6.92 Å². The van der Waals surface area contributed by atoms with Crippen molar-refractivity contribution < 1.29 is 29.0 Å². The zero-order valence-corrected chi connectivity index (χ0v) is 21.7. The highest BCUT2D eigenvalue weighted by atomic mass is 32.1. The van der Waals surface area contributed by atoms with Crippen LogP contribution < -0.4 is 14.4 Å². The number of hydrogen-bond acceptors (Lipinski definition) is 8. The Bertz CT molecular complexity index is 1450. The van der Waals surface area contributed by atoms with Crippen molar-refractivity contribution in [3.05, 3.63) is 75.3 Å². The summed E-state index contributed by atoms with van der Waals surface area (Å²) in [5.41, 5.74) is 2.48. The second kappa shape index (κ2) is 9.48. The summed E-state index contributed by atoms with van der Waals surface area (Å²) < 4.78 is 11.2. The summed E-state index contributed by atoms with van der Waals surface area (Å²) in [6.07, 6.45) is 0. The molecule has 1 aromatic heterocycles. The normalized spacial score (nSPS) is 18.5. The number of aromatic nitrogens is 1. The standard InChI is InChI=1S/C28H26N2O6S/c1-14(2)17-5-7-18(8-6-17)23-22(24(32)19-9-10-20-21(13-19)36-12-11-35-20)25(33)27(34)30(23)28-29-15(3)26(37-28)16(4)31/h5-10,13-14,23,32H,11-12H2,1-4H3/t23-/m0/s1. The minimum atomic E-state index is -0.931. The van der Waals surface area contributed by atoms with E-state index >= 15 is 0 Å². The molecule has 8 nitrogen and oxygen atoms in total. The van der Waals surface area contributed by atoms with E-state index < -0.39 is 17.7 Å². The van der Waals surface area contributed by atoms with Gasteiger partial charge in [0.15, 0.2) is 22.4 Å². The van der Waals surface area contributed by atoms with E-state index in [4.69, 9.17) is 9.47 Å². The van der Waals surface area contributed by atoms with Crippen molar-refractivity contribution in [2.24, 2.45) is 0 Å². The smallest absolute Gasteiger partial charge is 0.301 e. The average molecular weight is 519 g/mol. The molecule has 3 heterocycles. The Balaban J connectivity index is 1.69. The summed E-state index contributed by atoms with van der Waals surface area (Å²) in [7, 11) is 0. The molecular formula is C28H26N2O6S. The molecule has 0 unspecified atom stereocenters. The van der Waals surface area contributed by atoms with E-state index in [9.17, 15) is 19.5 Å². The van der Waals surface area contributed by atoms with Gasteiger partial charge in [0.2, 0.25) is 0 Å². The summed E-state index contributed by atoms with van der Waals surface area (Å²) in [5.74, 6) is -0.868. The van der Waals surface area contributed by atoms with Crippen LogP contribution in [0.5, 0.6) is 11.5 Å². The van der Waals surface area contributed by atoms with Crippen LogP contribution >= 0.6 is 11.3 Å². The first-order chi connectivity index (χ1) is 17.7. The molecule has 1 N–H and O–H groups in total. The number of aryl methyl sites for hydroxylation is 1. The molecule has 2 aliphatic rings. The number of aliphatic hydroxyl groups is 1. The fourth-order valence-electron chi connectivity index (χ4n) is 4.57. The van der Waals surface area contributed by atoms with E-state index in [1.54, 1.807) is 25.1 Å². The van der Waals surface area contributed by atoms with Crippen LogP contribution in [0.2, 0.25) is 0 Å². The lowest BCUT2D eigenvalue weighted by Gasteiger charge is -2.24. The minimum absolute atomic E-state index is 0.0591. The van der Waals surface area contributed by atoms with E-state index in [0.29, 0.717) is 46.4 Å². The molecule has 1 atom stereocenters. The number of benzene rings is 2. The number of aliphatic hydroxyl groups excluding tert-OH is 1. The number of rotatable bonds is 5. The average Bonchev–Trinajstić information content (AvgIpc) is 3.40. The number of carbonyl (C=O) groups excluding carboxylic acids is 3. The van der Waals surface area contributed by atoms with Gasteiger partial charge < -0.3 is 14.6 Å². The summed E-state index contributed by atoms with van der Waals surface area (Å²) in [6.45, 7) is 8.06. The van der Waals surface area contributed by atoms with Gasteiger partial charge in [-0.25, -0.2) is 4.98 Å². The van der Waals surface area contributed by atoms with Crippen LogP contribution in [0.15, 0.2) is 48.0 Å². The Morgan fingerprint density at radius 1 is 1.08 bits per heavy atom. The number of hydrogen-bond donors (Lipinski definition) is 1. The first-order valence-corrected chi connectivity index (χ1v) is 12.8. The van der Waals surface area contributed by atoms with Crippen LogP contribution in [0.25, 0.3) is 5.76 Å². The molecule has 9 heteroatoms. The van der Waals surface area contributed by atoms with Gasteiger partial charge in [-0.1, -0.05) is 49.4 Å². The maximum atomic E-state index is 13.4. The van der Waals surface area contributed by atoms with Crippen molar-refractivity contribution in [3.8, 4) is 11.5 Å². The Morgan fingerprint density at radius 3 is 2.38 bits per heavy atom. The third-order valence-corrected chi connectivity index (χ3v) is 7.75. The molecule has 2 aromatic carbocycles. The Kier molecular flexibility index (Phi) is 6.33. The molecular weight excluding hydrogens is 492 g/mol. The van der Waals surface area contributed by atoms with Gasteiger partial charge in [0.1, 0.15) is 19.0 Å². The van der Waals surface area contributed by atoms with Gasteiger partial charge in [-0.05, 0) is 42.2 Å².